The first-order chi connectivity index (χ1) is 14.4. The molecule has 31 heavy (non-hydrogen) atoms. The smallest absolute Gasteiger partial charge is 0.126 e. The first-order valence-corrected chi connectivity index (χ1v) is 16.1. The van der Waals surface area contributed by atoms with Gasteiger partial charge in [-0.3, -0.25) is 0 Å². The third kappa shape index (κ3) is 6.70. The van der Waals surface area contributed by atoms with Gasteiger partial charge in [0.15, 0.2) is 0 Å². The van der Waals surface area contributed by atoms with Crippen LogP contribution in [-0.4, -0.2) is 21.6 Å². The van der Waals surface area contributed by atoms with Crippen LogP contribution in [-0.2, 0) is 4.57 Å². The quantitative estimate of drug-likeness (QED) is 0.280. The third-order valence-electron chi connectivity index (χ3n) is 6.66. The summed E-state index contributed by atoms with van der Waals surface area (Å²) >= 11 is 0. The Morgan fingerprint density at radius 3 is 1.39 bits per heavy atom. The Morgan fingerprint density at radius 2 is 1.06 bits per heavy atom. The summed E-state index contributed by atoms with van der Waals surface area (Å²) in [5.41, 5.74) is 1.48. The average Bonchev–Trinajstić information content (AvgIpc) is 2.67. The van der Waals surface area contributed by atoms with Crippen LogP contribution in [0.25, 0.3) is 0 Å². The largest absolute Gasteiger partial charge is 0.318 e. The lowest BCUT2D eigenvalue weighted by Gasteiger charge is -2.44. The molecule has 0 aromatic heterocycles. The van der Waals surface area contributed by atoms with E-state index < -0.39 is 7.14 Å². The Kier molecular flexibility index (Phi) is 11.5. The van der Waals surface area contributed by atoms with Gasteiger partial charge in [0.2, 0.25) is 0 Å². The molecule has 0 aliphatic carbocycles. The molecule has 0 bridgehead atoms. The van der Waals surface area contributed by atoms with E-state index in [1.165, 1.54) is 62.0 Å². The Balaban J connectivity index is 3.87. The van der Waals surface area contributed by atoms with Crippen molar-refractivity contribution in [3.05, 3.63) is 24.3 Å². The fraction of sp³-hybridized carbons (Fsp3) is 0.786. The van der Waals surface area contributed by atoms with Gasteiger partial charge in [-0.2, -0.15) is 0 Å². The second kappa shape index (κ2) is 12.4. The van der Waals surface area contributed by atoms with E-state index in [9.17, 15) is 0 Å². The van der Waals surface area contributed by atoms with E-state index in [2.05, 4.69) is 93.5 Å². The Labute approximate surface area is 196 Å². The zero-order chi connectivity index (χ0) is 23.9. The topological polar surface area (TPSA) is 17.1 Å². The van der Waals surface area contributed by atoms with E-state index in [1.54, 1.807) is 0 Å². The molecule has 180 valence electrons. The van der Waals surface area contributed by atoms with Gasteiger partial charge in [0.1, 0.15) is 7.14 Å². The van der Waals surface area contributed by atoms with Crippen molar-refractivity contribution in [3.63, 3.8) is 0 Å². The molecule has 1 aromatic rings. The first-order valence-electron chi connectivity index (χ1n) is 12.9. The molecule has 0 unspecified atom stereocenters. The predicted octanol–water partition coefficient (Wildman–Crippen LogP) is 9.32. The monoisotopic (exact) mass is 466 g/mol. The van der Waals surface area contributed by atoms with Crippen molar-refractivity contribution in [2.24, 2.45) is 0 Å². The van der Waals surface area contributed by atoms with Gasteiger partial charge in [-0.1, -0.05) is 127 Å². The van der Waals surface area contributed by atoms with Crippen LogP contribution in [0.2, 0.25) is 0 Å². The minimum Gasteiger partial charge on any atom is -0.318 e. The van der Waals surface area contributed by atoms with Gasteiger partial charge >= 0.3 is 0 Å². The average molecular weight is 467 g/mol. The van der Waals surface area contributed by atoms with Gasteiger partial charge in [0.25, 0.3) is 0 Å². The number of rotatable bonds is 12. The van der Waals surface area contributed by atoms with Crippen LogP contribution in [0.3, 0.4) is 0 Å². The molecule has 0 N–H and O–H groups in total. The number of benzene rings is 1. The van der Waals surface area contributed by atoms with Gasteiger partial charge in [0, 0.05) is 15.6 Å². The van der Waals surface area contributed by atoms with E-state index in [-0.39, 0.29) is 18.2 Å². The lowest BCUT2D eigenvalue weighted by Crippen LogP contribution is -2.41. The maximum Gasteiger partial charge on any atom is 0.126 e. The zero-order valence-corrected chi connectivity index (χ0v) is 24.2. The summed E-state index contributed by atoms with van der Waals surface area (Å²) in [6.07, 6.45) is 10.2. The first kappa shape index (κ1) is 28.9. The van der Waals surface area contributed by atoms with Gasteiger partial charge in [0.05, 0.1) is 0 Å². The minimum atomic E-state index is -2.67. The molecule has 0 radical (unpaired) electrons. The van der Waals surface area contributed by atoms with Crippen LogP contribution < -0.4 is 10.6 Å². The fourth-order valence-electron chi connectivity index (χ4n) is 5.55. The van der Waals surface area contributed by atoms with E-state index in [1.807, 2.05) is 0 Å². The molecule has 0 atom stereocenters. The van der Waals surface area contributed by atoms with Crippen LogP contribution in [0.15, 0.2) is 24.3 Å². The van der Waals surface area contributed by atoms with Crippen molar-refractivity contribution < 1.29 is 4.57 Å². The molecule has 0 saturated heterocycles. The summed E-state index contributed by atoms with van der Waals surface area (Å²) in [4.78, 5) is 0. The van der Waals surface area contributed by atoms with E-state index in [0.29, 0.717) is 0 Å². The SMILES string of the molecule is CCCC(CCC)P(c1ccccc1P(=O)(C(C)(C)C)C(C)(C)C)C(CCC)CCC. The van der Waals surface area contributed by atoms with Gasteiger partial charge in [-0.25, -0.2) is 0 Å². The van der Waals surface area contributed by atoms with E-state index >= 15 is 4.57 Å². The molecular formula is C28H52OP2. The van der Waals surface area contributed by atoms with Gasteiger partial charge in [-0.05, 0) is 42.3 Å². The highest BCUT2D eigenvalue weighted by Crippen LogP contribution is 2.67. The molecule has 0 fully saturated rings. The van der Waals surface area contributed by atoms with Gasteiger partial charge < -0.3 is 4.57 Å². The number of hydrogen-bond acceptors (Lipinski definition) is 1. The molecule has 3 heteroatoms. The molecule has 0 aliphatic heterocycles. The normalized spacial score (nSPS) is 13.6. The Hall–Kier alpha value is -0.120. The maximum atomic E-state index is 15.1. The van der Waals surface area contributed by atoms with Crippen molar-refractivity contribution in [1.82, 2.24) is 0 Å². The summed E-state index contributed by atoms with van der Waals surface area (Å²) in [7, 11) is -3.03. The molecule has 0 spiro atoms. The fourth-order valence-corrected chi connectivity index (χ4v) is 14.6. The standard InChI is InChI=1S/C28H52OP2/c1-11-17-23(18-12-2)30(24(19-13-3)20-14-4)25-21-15-16-22-26(25)31(29,27(5,6)7)28(8,9)10/h15-16,21-24H,11-14,17-20H2,1-10H3. The van der Waals surface area contributed by atoms with Crippen molar-refractivity contribution in [2.75, 3.05) is 0 Å². The summed E-state index contributed by atoms with van der Waals surface area (Å²) in [5.74, 6) is 0. The minimum absolute atomic E-state index is 0.252. The summed E-state index contributed by atoms with van der Waals surface area (Å²) < 4.78 is 15.1. The molecular weight excluding hydrogens is 414 g/mol. The second-order valence-electron chi connectivity index (χ2n) is 11.3. The lowest BCUT2D eigenvalue weighted by molar-refractivity contribution is 0.528. The molecule has 0 saturated carbocycles. The van der Waals surface area contributed by atoms with Crippen LogP contribution in [0.4, 0.5) is 0 Å². The molecule has 0 heterocycles. The zero-order valence-electron chi connectivity index (χ0n) is 22.4. The predicted molar refractivity (Wildman–Crippen MR) is 147 cm³/mol. The van der Waals surface area contributed by atoms with Crippen molar-refractivity contribution >= 4 is 25.7 Å². The van der Waals surface area contributed by atoms with E-state index in [4.69, 9.17) is 0 Å². The van der Waals surface area contributed by atoms with Crippen molar-refractivity contribution in [2.45, 2.75) is 142 Å². The summed E-state index contributed by atoms with van der Waals surface area (Å²) in [6.45, 7) is 22.5. The van der Waals surface area contributed by atoms with E-state index in [0.717, 1.165) is 11.3 Å². The van der Waals surface area contributed by atoms with Crippen molar-refractivity contribution in [3.8, 4) is 0 Å². The Morgan fingerprint density at radius 1 is 0.710 bits per heavy atom. The number of hydrogen-bond donors (Lipinski definition) is 0. The van der Waals surface area contributed by atoms with Gasteiger partial charge in [-0.15, -0.1) is 0 Å². The molecule has 1 nitrogen and oxygen atoms in total. The molecule has 1 rings (SSSR count). The molecule has 0 amide bonds. The van der Waals surface area contributed by atoms with Crippen LogP contribution in [0, 0.1) is 0 Å². The van der Waals surface area contributed by atoms with Crippen LogP contribution in [0.5, 0.6) is 0 Å². The highest BCUT2D eigenvalue weighted by Gasteiger charge is 2.49. The summed E-state index contributed by atoms with van der Waals surface area (Å²) in [5, 5.41) is 2.18. The van der Waals surface area contributed by atoms with Crippen LogP contribution in [0.1, 0.15) is 121 Å². The maximum absolute atomic E-state index is 15.1. The van der Waals surface area contributed by atoms with Crippen molar-refractivity contribution in [1.29, 1.82) is 0 Å². The molecule has 0 aliphatic rings. The molecule has 1 aromatic carbocycles. The highest BCUT2D eigenvalue weighted by molar-refractivity contribution is 7.77. The lowest BCUT2D eigenvalue weighted by atomic mass is 10.1. The Bertz CT molecular complexity index is 650. The summed E-state index contributed by atoms with van der Waals surface area (Å²) in [6, 6.07) is 8.97. The second-order valence-corrected chi connectivity index (χ2v) is 18.4. The van der Waals surface area contributed by atoms with Crippen LogP contribution >= 0.6 is 15.1 Å². The highest BCUT2D eigenvalue weighted by atomic mass is 31.2. The third-order valence-corrected chi connectivity index (χ3v) is 15.2.